The number of aromatic nitrogens is 1. The summed E-state index contributed by atoms with van der Waals surface area (Å²) < 4.78 is 11.7. The Labute approximate surface area is 104 Å². The van der Waals surface area contributed by atoms with E-state index < -0.39 is 0 Å². The van der Waals surface area contributed by atoms with Gasteiger partial charge in [0.25, 0.3) is 0 Å². The zero-order chi connectivity index (χ0) is 12.2. The van der Waals surface area contributed by atoms with Crippen LogP contribution in [0.1, 0.15) is 11.7 Å². The largest absolute Gasteiger partial charge is 0.460 e. The summed E-state index contributed by atoms with van der Waals surface area (Å²) in [7, 11) is 0. The van der Waals surface area contributed by atoms with Crippen LogP contribution in [0.2, 0.25) is 0 Å². The Bertz CT molecular complexity index is 801. The van der Waals surface area contributed by atoms with E-state index in [2.05, 4.69) is 20.9 Å². The van der Waals surface area contributed by atoms with Gasteiger partial charge in [-0.15, -0.1) is 0 Å². The molecule has 0 saturated heterocycles. The third-order valence-electron chi connectivity index (χ3n) is 2.55. The lowest BCUT2D eigenvalue weighted by atomic mass is 10.2. The van der Waals surface area contributed by atoms with E-state index >= 15 is 0 Å². The minimum absolute atomic E-state index is 0.0768. The molecular weight excluding hydrogens is 286 g/mol. The maximum Gasteiger partial charge on any atom is 0.193 e. The molecule has 86 valence electrons. The fraction of sp³-hybridized carbons (Fsp3) is 0.167. The average molecular weight is 294 g/mol. The van der Waals surface area contributed by atoms with Crippen molar-refractivity contribution in [2.24, 2.45) is 0 Å². The van der Waals surface area contributed by atoms with Gasteiger partial charge >= 0.3 is 0 Å². The van der Waals surface area contributed by atoms with Gasteiger partial charge in [0.1, 0.15) is 15.7 Å². The molecule has 0 saturated carbocycles. The van der Waals surface area contributed by atoms with Crippen molar-refractivity contribution in [3.8, 4) is 0 Å². The van der Waals surface area contributed by atoms with Gasteiger partial charge in [-0.2, -0.15) is 0 Å². The lowest BCUT2D eigenvalue weighted by molar-refractivity contribution is 0.550. The average Bonchev–Trinajstić information content (AvgIpc) is 2.62. The standard InChI is InChI=1S/C12H8BrNO3/c1-5-3-9(15)7-4-8-12(17-6(2)14-8)10(13)11(7)16-5/h3-4H,1-2H3. The summed E-state index contributed by atoms with van der Waals surface area (Å²) in [5.74, 6) is 1.12. The number of benzene rings is 1. The fourth-order valence-corrected chi connectivity index (χ4v) is 2.44. The van der Waals surface area contributed by atoms with E-state index in [9.17, 15) is 4.79 Å². The molecule has 1 aromatic carbocycles. The van der Waals surface area contributed by atoms with Crippen LogP contribution in [0, 0.1) is 13.8 Å². The van der Waals surface area contributed by atoms with Gasteiger partial charge in [0.05, 0.1) is 5.39 Å². The van der Waals surface area contributed by atoms with E-state index in [0.717, 1.165) is 0 Å². The zero-order valence-corrected chi connectivity index (χ0v) is 10.8. The summed E-state index contributed by atoms with van der Waals surface area (Å²) in [5.41, 5.74) is 1.67. The number of nitrogens with zero attached hydrogens (tertiary/aromatic N) is 1. The molecule has 0 spiro atoms. The van der Waals surface area contributed by atoms with Gasteiger partial charge < -0.3 is 8.83 Å². The van der Waals surface area contributed by atoms with Crippen LogP contribution >= 0.6 is 15.9 Å². The first-order valence-corrected chi connectivity index (χ1v) is 5.85. The van der Waals surface area contributed by atoms with E-state index in [1.165, 1.54) is 6.07 Å². The van der Waals surface area contributed by atoms with E-state index in [4.69, 9.17) is 8.83 Å². The highest BCUT2D eigenvalue weighted by atomic mass is 79.9. The molecule has 0 fully saturated rings. The van der Waals surface area contributed by atoms with Crippen molar-refractivity contribution in [1.82, 2.24) is 4.98 Å². The van der Waals surface area contributed by atoms with Crippen molar-refractivity contribution in [3.63, 3.8) is 0 Å². The molecule has 3 aromatic rings. The number of halogens is 1. The second kappa shape index (κ2) is 3.43. The first-order chi connectivity index (χ1) is 8.06. The molecule has 5 heteroatoms. The second-order valence-electron chi connectivity index (χ2n) is 3.87. The van der Waals surface area contributed by atoms with Crippen LogP contribution in [-0.2, 0) is 0 Å². The van der Waals surface area contributed by atoms with Crippen molar-refractivity contribution < 1.29 is 8.83 Å². The quantitative estimate of drug-likeness (QED) is 0.638. The van der Waals surface area contributed by atoms with Gasteiger partial charge in [-0.1, -0.05) is 0 Å². The molecule has 17 heavy (non-hydrogen) atoms. The predicted molar refractivity (Wildman–Crippen MR) is 67.2 cm³/mol. The highest BCUT2D eigenvalue weighted by Crippen LogP contribution is 2.32. The molecular formula is C12H8BrNO3. The zero-order valence-electron chi connectivity index (χ0n) is 9.20. The van der Waals surface area contributed by atoms with Gasteiger partial charge in [-0.25, -0.2) is 4.98 Å². The van der Waals surface area contributed by atoms with Gasteiger partial charge in [0.15, 0.2) is 22.5 Å². The van der Waals surface area contributed by atoms with E-state index in [1.807, 2.05) is 0 Å². The fourth-order valence-electron chi connectivity index (χ4n) is 1.86. The van der Waals surface area contributed by atoms with Crippen molar-refractivity contribution in [3.05, 3.63) is 38.5 Å². The number of aryl methyl sites for hydroxylation is 2. The molecule has 0 aliphatic rings. The number of hydrogen-bond donors (Lipinski definition) is 0. The molecule has 0 N–H and O–H groups in total. The van der Waals surface area contributed by atoms with Crippen molar-refractivity contribution in [2.45, 2.75) is 13.8 Å². The van der Waals surface area contributed by atoms with E-state index in [-0.39, 0.29) is 5.43 Å². The van der Waals surface area contributed by atoms with Gasteiger partial charge in [-0.3, -0.25) is 4.79 Å². The van der Waals surface area contributed by atoms with Gasteiger partial charge in [-0.05, 0) is 28.9 Å². The Morgan fingerprint density at radius 3 is 2.71 bits per heavy atom. The number of oxazole rings is 1. The maximum absolute atomic E-state index is 11.9. The highest BCUT2D eigenvalue weighted by molar-refractivity contribution is 9.10. The molecule has 2 heterocycles. The molecule has 4 nitrogen and oxygen atoms in total. The van der Waals surface area contributed by atoms with Gasteiger partial charge in [0, 0.05) is 13.0 Å². The van der Waals surface area contributed by atoms with Crippen molar-refractivity contribution >= 4 is 38.0 Å². The van der Waals surface area contributed by atoms with Crippen molar-refractivity contribution in [1.29, 1.82) is 0 Å². The smallest absolute Gasteiger partial charge is 0.193 e. The minimum atomic E-state index is -0.0768. The molecule has 0 aliphatic heterocycles. The second-order valence-corrected chi connectivity index (χ2v) is 4.66. The molecule has 0 amide bonds. The number of hydrogen-bond acceptors (Lipinski definition) is 4. The molecule has 0 aliphatic carbocycles. The van der Waals surface area contributed by atoms with Crippen LogP contribution < -0.4 is 5.43 Å². The van der Waals surface area contributed by atoms with Gasteiger partial charge in [0.2, 0.25) is 0 Å². The van der Waals surface area contributed by atoms with Crippen LogP contribution in [0.5, 0.6) is 0 Å². The lowest BCUT2D eigenvalue weighted by Gasteiger charge is -2.00. The van der Waals surface area contributed by atoms with Crippen LogP contribution in [0.15, 0.2) is 30.2 Å². The highest BCUT2D eigenvalue weighted by Gasteiger charge is 2.14. The predicted octanol–water partition coefficient (Wildman–Crippen LogP) is 3.31. The first-order valence-electron chi connectivity index (χ1n) is 5.06. The SMILES string of the molecule is Cc1cc(=O)c2cc3nc(C)oc3c(Br)c2o1. The Hall–Kier alpha value is -1.62. The molecule has 0 radical (unpaired) electrons. The Balaban J connectivity index is 2.63. The monoisotopic (exact) mass is 293 g/mol. The lowest BCUT2D eigenvalue weighted by Crippen LogP contribution is -2.00. The Kier molecular flexibility index (Phi) is 2.13. The topological polar surface area (TPSA) is 56.2 Å². The molecule has 3 rings (SSSR count). The summed E-state index contributed by atoms with van der Waals surface area (Å²) in [6.45, 7) is 3.50. The first kappa shape index (κ1) is 10.5. The minimum Gasteiger partial charge on any atom is -0.460 e. The summed E-state index contributed by atoms with van der Waals surface area (Å²) in [4.78, 5) is 16.1. The van der Waals surface area contributed by atoms with Crippen molar-refractivity contribution in [2.75, 3.05) is 0 Å². The summed E-state index contributed by atoms with van der Waals surface area (Å²) >= 11 is 3.40. The Morgan fingerprint density at radius 2 is 1.94 bits per heavy atom. The van der Waals surface area contributed by atoms with E-state index in [1.54, 1.807) is 19.9 Å². The third kappa shape index (κ3) is 1.50. The molecule has 2 aromatic heterocycles. The Morgan fingerprint density at radius 1 is 1.18 bits per heavy atom. The molecule has 0 atom stereocenters. The van der Waals surface area contributed by atoms with Crippen LogP contribution in [-0.4, -0.2) is 4.98 Å². The number of rotatable bonds is 0. The van der Waals surface area contributed by atoms with Crippen LogP contribution in [0.25, 0.3) is 22.1 Å². The van der Waals surface area contributed by atoms with Crippen LogP contribution in [0.4, 0.5) is 0 Å². The maximum atomic E-state index is 11.9. The number of fused-ring (bicyclic) bond motifs is 2. The molecule has 0 bridgehead atoms. The normalized spacial score (nSPS) is 11.5. The summed E-state index contributed by atoms with van der Waals surface area (Å²) in [6.07, 6.45) is 0. The van der Waals surface area contributed by atoms with E-state index in [0.29, 0.717) is 38.2 Å². The summed E-state index contributed by atoms with van der Waals surface area (Å²) in [5, 5.41) is 0.503. The summed E-state index contributed by atoms with van der Waals surface area (Å²) in [6, 6.07) is 3.16. The molecule has 0 unspecified atom stereocenters. The third-order valence-corrected chi connectivity index (χ3v) is 3.27. The van der Waals surface area contributed by atoms with Crippen LogP contribution in [0.3, 0.4) is 0 Å².